The molecule has 0 aliphatic heterocycles. The molecule has 0 atom stereocenters. The number of anilines is 1. The van der Waals surface area contributed by atoms with Crippen LogP contribution in [0.4, 0.5) is 10.1 Å². The van der Waals surface area contributed by atoms with Crippen LogP contribution < -0.4 is 5.32 Å². The van der Waals surface area contributed by atoms with Gasteiger partial charge in [0, 0.05) is 12.3 Å². The Balaban J connectivity index is 1.76. The minimum absolute atomic E-state index is 0.0256. The highest BCUT2D eigenvalue weighted by molar-refractivity contribution is 6.33. The number of hydrogen-bond acceptors (Lipinski definition) is 5. The van der Waals surface area contributed by atoms with Crippen LogP contribution in [0.25, 0.3) is 11.3 Å². The number of carbonyl (C=O) groups is 1. The van der Waals surface area contributed by atoms with E-state index >= 15 is 0 Å². The number of aromatic nitrogens is 1. The molecule has 30 heavy (non-hydrogen) atoms. The number of nitrogens with one attached hydrogen (secondary N) is 1. The number of ether oxygens (including phenoxy) is 2. The highest BCUT2D eigenvalue weighted by Gasteiger charge is 2.25. The maximum absolute atomic E-state index is 14.3. The van der Waals surface area contributed by atoms with Gasteiger partial charge in [-0.3, -0.25) is 4.79 Å². The third-order valence-electron chi connectivity index (χ3n) is 4.32. The van der Waals surface area contributed by atoms with E-state index in [0.29, 0.717) is 32.1 Å². The standard InChI is InChI=1S/C22H22ClFN2O4/c1-3-28-10-11-29-13-15-6-4-7-16(12-15)25-22(27)19-14(2)30-26-21(19)20-17(23)8-5-9-18(20)24/h4-9,12H,3,10-11,13H2,1-2H3,(H,25,27). The van der Waals surface area contributed by atoms with Gasteiger partial charge in [-0.05, 0) is 43.7 Å². The second kappa shape index (κ2) is 10.3. The molecule has 0 radical (unpaired) electrons. The molecule has 8 heteroatoms. The Morgan fingerprint density at radius 2 is 1.97 bits per heavy atom. The Morgan fingerprint density at radius 1 is 1.20 bits per heavy atom. The molecule has 6 nitrogen and oxygen atoms in total. The second-order valence-corrected chi connectivity index (χ2v) is 6.87. The number of hydrogen-bond donors (Lipinski definition) is 1. The van der Waals surface area contributed by atoms with Crippen LogP contribution in [-0.4, -0.2) is 30.9 Å². The van der Waals surface area contributed by atoms with Crippen molar-refractivity contribution in [2.45, 2.75) is 20.5 Å². The van der Waals surface area contributed by atoms with E-state index in [1.807, 2.05) is 19.1 Å². The second-order valence-electron chi connectivity index (χ2n) is 6.46. The van der Waals surface area contributed by atoms with Crippen molar-refractivity contribution in [3.63, 3.8) is 0 Å². The number of aryl methyl sites for hydroxylation is 1. The molecule has 3 rings (SSSR count). The lowest BCUT2D eigenvalue weighted by Gasteiger charge is -2.09. The van der Waals surface area contributed by atoms with E-state index < -0.39 is 11.7 Å². The number of rotatable bonds is 9. The fourth-order valence-electron chi connectivity index (χ4n) is 2.92. The first-order valence-electron chi connectivity index (χ1n) is 9.47. The molecule has 0 spiro atoms. The lowest BCUT2D eigenvalue weighted by molar-refractivity contribution is 0.0453. The van der Waals surface area contributed by atoms with Crippen molar-refractivity contribution in [1.82, 2.24) is 5.16 Å². The Kier molecular flexibility index (Phi) is 7.57. The van der Waals surface area contributed by atoms with E-state index in [9.17, 15) is 9.18 Å². The Morgan fingerprint density at radius 3 is 2.73 bits per heavy atom. The third-order valence-corrected chi connectivity index (χ3v) is 4.63. The molecule has 0 aliphatic rings. The maximum Gasteiger partial charge on any atom is 0.261 e. The Bertz CT molecular complexity index is 1000. The summed E-state index contributed by atoms with van der Waals surface area (Å²) < 4.78 is 30.3. The summed E-state index contributed by atoms with van der Waals surface area (Å²) in [7, 11) is 0. The van der Waals surface area contributed by atoms with Gasteiger partial charge in [0.1, 0.15) is 22.8 Å². The molecule has 1 N–H and O–H groups in total. The molecular weight excluding hydrogens is 411 g/mol. The van der Waals surface area contributed by atoms with Gasteiger partial charge < -0.3 is 19.3 Å². The van der Waals surface area contributed by atoms with Gasteiger partial charge in [0.25, 0.3) is 5.91 Å². The zero-order valence-electron chi connectivity index (χ0n) is 16.7. The molecule has 158 valence electrons. The number of carbonyl (C=O) groups excluding carboxylic acids is 1. The SMILES string of the molecule is CCOCCOCc1cccc(NC(=O)c2c(-c3c(F)cccc3Cl)noc2C)c1. The highest BCUT2D eigenvalue weighted by Crippen LogP contribution is 2.33. The van der Waals surface area contributed by atoms with Gasteiger partial charge in [-0.15, -0.1) is 0 Å². The van der Waals surface area contributed by atoms with Gasteiger partial charge >= 0.3 is 0 Å². The summed E-state index contributed by atoms with van der Waals surface area (Å²) in [6.45, 7) is 5.56. The molecule has 0 bridgehead atoms. The molecule has 1 amide bonds. The number of benzene rings is 2. The average molecular weight is 433 g/mol. The van der Waals surface area contributed by atoms with Crippen LogP contribution in [0.15, 0.2) is 47.0 Å². The summed E-state index contributed by atoms with van der Waals surface area (Å²) in [5.41, 5.74) is 1.67. The minimum Gasteiger partial charge on any atom is -0.379 e. The fourth-order valence-corrected chi connectivity index (χ4v) is 3.17. The number of nitrogens with zero attached hydrogens (tertiary/aromatic N) is 1. The molecule has 0 saturated heterocycles. The normalized spacial score (nSPS) is 10.9. The largest absolute Gasteiger partial charge is 0.379 e. The summed E-state index contributed by atoms with van der Waals surface area (Å²) >= 11 is 6.13. The van der Waals surface area contributed by atoms with Crippen LogP contribution in [-0.2, 0) is 16.1 Å². The van der Waals surface area contributed by atoms with Crippen LogP contribution in [0.5, 0.6) is 0 Å². The zero-order valence-corrected chi connectivity index (χ0v) is 17.5. The quantitative estimate of drug-likeness (QED) is 0.467. The predicted molar refractivity (Wildman–Crippen MR) is 112 cm³/mol. The van der Waals surface area contributed by atoms with Gasteiger partial charge in [-0.2, -0.15) is 0 Å². The molecule has 0 unspecified atom stereocenters. The number of halogens is 2. The Labute approximate surface area is 178 Å². The molecule has 0 aliphatic carbocycles. The van der Waals surface area contributed by atoms with E-state index in [4.69, 9.17) is 25.6 Å². The van der Waals surface area contributed by atoms with Crippen LogP contribution in [0, 0.1) is 12.7 Å². The first kappa shape index (κ1) is 22.0. The Hall–Kier alpha value is -2.74. The van der Waals surface area contributed by atoms with Crippen LogP contribution in [0.3, 0.4) is 0 Å². The summed E-state index contributed by atoms with van der Waals surface area (Å²) in [4.78, 5) is 12.9. The third kappa shape index (κ3) is 5.24. The highest BCUT2D eigenvalue weighted by atomic mass is 35.5. The van der Waals surface area contributed by atoms with Crippen molar-refractivity contribution >= 4 is 23.2 Å². The van der Waals surface area contributed by atoms with Crippen molar-refractivity contribution in [1.29, 1.82) is 0 Å². The summed E-state index contributed by atoms with van der Waals surface area (Å²) in [6, 6.07) is 11.5. The van der Waals surface area contributed by atoms with Crippen molar-refractivity contribution < 1.29 is 23.2 Å². The zero-order chi connectivity index (χ0) is 21.5. The molecule has 2 aromatic carbocycles. The lowest BCUT2D eigenvalue weighted by Crippen LogP contribution is -2.14. The molecule has 0 saturated carbocycles. The minimum atomic E-state index is -0.587. The molecule has 0 fully saturated rings. The van der Waals surface area contributed by atoms with Gasteiger partial charge in [-0.1, -0.05) is 35.0 Å². The van der Waals surface area contributed by atoms with Crippen LogP contribution >= 0.6 is 11.6 Å². The molecular formula is C22H22ClFN2O4. The van der Waals surface area contributed by atoms with Gasteiger partial charge in [0.05, 0.1) is 30.4 Å². The van der Waals surface area contributed by atoms with E-state index in [1.165, 1.54) is 18.2 Å². The average Bonchev–Trinajstić information content (AvgIpc) is 3.09. The van der Waals surface area contributed by atoms with Crippen LogP contribution in [0.2, 0.25) is 5.02 Å². The van der Waals surface area contributed by atoms with Crippen molar-refractivity contribution in [3.05, 3.63) is 70.2 Å². The molecule has 1 heterocycles. The van der Waals surface area contributed by atoms with E-state index in [0.717, 1.165) is 5.56 Å². The van der Waals surface area contributed by atoms with E-state index in [2.05, 4.69) is 10.5 Å². The topological polar surface area (TPSA) is 73.6 Å². The van der Waals surface area contributed by atoms with E-state index in [-0.39, 0.29) is 27.6 Å². The first-order chi connectivity index (χ1) is 14.5. The van der Waals surface area contributed by atoms with Crippen molar-refractivity contribution in [3.8, 4) is 11.3 Å². The van der Waals surface area contributed by atoms with Crippen molar-refractivity contribution in [2.75, 3.05) is 25.1 Å². The number of amides is 1. The fraction of sp³-hybridized carbons (Fsp3) is 0.273. The maximum atomic E-state index is 14.3. The van der Waals surface area contributed by atoms with Gasteiger partial charge in [-0.25, -0.2) is 4.39 Å². The summed E-state index contributed by atoms with van der Waals surface area (Å²) in [5, 5.41) is 6.80. The summed E-state index contributed by atoms with van der Waals surface area (Å²) in [6.07, 6.45) is 0. The van der Waals surface area contributed by atoms with Gasteiger partial charge in [0.2, 0.25) is 0 Å². The summed E-state index contributed by atoms with van der Waals surface area (Å²) in [5.74, 6) is -0.800. The van der Waals surface area contributed by atoms with Crippen molar-refractivity contribution in [2.24, 2.45) is 0 Å². The van der Waals surface area contributed by atoms with Gasteiger partial charge in [0.15, 0.2) is 0 Å². The monoisotopic (exact) mass is 432 g/mol. The van der Waals surface area contributed by atoms with E-state index in [1.54, 1.807) is 19.1 Å². The smallest absolute Gasteiger partial charge is 0.261 e. The van der Waals surface area contributed by atoms with Crippen LogP contribution in [0.1, 0.15) is 28.6 Å². The first-order valence-corrected chi connectivity index (χ1v) is 9.85. The molecule has 3 aromatic rings. The predicted octanol–water partition coefficient (Wildman–Crippen LogP) is 5.25. The lowest BCUT2D eigenvalue weighted by atomic mass is 10.0. The molecule has 1 aromatic heterocycles.